The molecule has 23 heavy (non-hydrogen) atoms. The average Bonchev–Trinajstić information content (AvgIpc) is 2.56. The first-order chi connectivity index (χ1) is 11.0. The summed E-state index contributed by atoms with van der Waals surface area (Å²) < 4.78 is 0. The predicted octanol–water partition coefficient (Wildman–Crippen LogP) is 4.81. The summed E-state index contributed by atoms with van der Waals surface area (Å²) in [6, 6.07) is 14.7. The van der Waals surface area contributed by atoms with Gasteiger partial charge in [0.2, 0.25) is 0 Å². The molecule has 0 radical (unpaired) electrons. The summed E-state index contributed by atoms with van der Waals surface area (Å²) in [5.41, 5.74) is 2.87. The lowest BCUT2D eigenvalue weighted by Crippen LogP contribution is -2.21. The third-order valence-corrected chi connectivity index (χ3v) is 3.97. The maximum absolute atomic E-state index is 11.5. The highest BCUT2D eigenvalue weighted by Gasteiger charge is 2.10. The molecule has 0 fully saturated rings. The molecular weight excluding hydrogens is 310 g/mol. The molecule has 0 spiro atoms. The number of hydrogen-bond donors (Lipinski definition) is 1. The Kier molecular flexibility index (Phi) is 5.83. The van der Waals surface area contributed by atoms with Crippen LogP contribution >= 0.6 is 11.6 Å². The van der Waals surface area contributed by atoms with E-state index in [1.165, 1.54) is 0 Å². The van der Waals surface area contributed by atoms with Crippen molar-refractivity contribution in [1.29, 1.82) is 0 Å². The minimum Gasteiger partial charge on any atom is -0.478 e. The van der Waals surface area contributed by atoms with E-state index in [2.05, 4.69) is 18.7 Å². The van der Waals surface area contributed by atoms with E-state index in [1.54, 1.807) is 30.3 Å². The fourth-order valence-electron chi connectivity index (χ4n) is 2.43. The van der Waals surface area contributed by atoms with Crippen LogP contribution in [0.5, 0.6) is 0 Å². The van der Waals surface area contributed by atoms with Crippen LogP contribution in [0.25, 0.3) is 11.6 Å². The summed E-state index contributed by atoms with van der Waals surface area (Å²) in [5, 5.41) is 10.1. The molecule has 2 aromatic carbocycles. The smallest absolute Gasteiger partial charge is 0.336 e. The number of anilines is 1. The zero-order valence-electron chi connectivity index (χ0n) is 13.3. The molecule has 0 bridgehead atoms. The summed E-state index contributed by atoms with van der Waals surface area (Å²) in [6.45, 7) is 6.11. The predicted molar refractivity (Wildman–Crippen MR) is 97.0 cm³/mol. The quantitative estimate of drug-likeness (QED) is 0.610. The standard InChI is InChI=1S/C19H20ClNO2/c1-3-21(4-2)17-11-5-14(6-12-17)13-18(19(22)23)15-7-9-16(20)10-8-15/h5-13H,3-4H2,1-2H3,(H,22,23)/b18-13-. The Labute approximate surface area is 141 Å². The van der Waals surface area contributed by atoms with E-state index in [1.807, 2.05) is 24.3 Å². The van der Waals surface area contributed by atoms with Gasteiger partial charge in [-0.25, -0.2) is 4.79 Å². The average molecular weight is 330 g/mol. The minimum absolute atomic E-state index is 0.247. The van der Waals surface area contributed by atoms with E-state index in [0.717, 1.165) is 24.3 Å². The van der Waals surface area contributed by atoms with E-state index < -0.39 is 5.97 Å². The van der Waals surface area contributed by atoms with Gasteiger partial charge >= 0.3 is 5.97 Å². The molecule has 0 aliphatic heterocycles. The van der Waals surface area contributed by atoms with Gasteiger partial charge in [-0.2, -0.15) is 0 Å². The number of carboxylic acid groups (broad SMARTS) is 1. The summed E-state index contributed by atoms with van der Waals surface area (Å²) in [4.78, 5) is 13.8. The lowest BCUT2D eigenvalue weighted by molar-refractivity contribution is -0.130. The van der Waals surface area contributed by atoms with Crippen molar-refractivity contribution in [3.05, 3.63) is 64.7 Å². The lowest BCUT2D eigenvalue weighted by atomic mass is 10.0. The molecule has 0 heterocycles. The van der Waals surface area contributed by atoms with Gasteiger partial charge in [0.1, 0.15) is 0 Å². The highest BCUT2D eigenvalue weighted by molar-refractivity contribution is 6.30. The van der Waals surface area contributed by atoms with Crippen LogP contribution in [0.3, 0.4) is 0 Å². The number of carbonyl (C=O) groups is 1. The van der Waals surface area contributed by atoms with Crippen molar-refractivity contribution in [2.75, 3.05) is 18.0 Å². The van der Waals surface area contributed by atoms with Gasteiger partial charge in [0.05, 0.1) is 5.57 Å². The van der Waals surface area contributed by atoms with Gasteiger partial charge in [0.25, 0.3) is 0 Å². The lowest BCUT2D eigenvalue weighted by Gasteiger charge is -2.20. The number of hydrogen-bond acceptors (Lipinski definition) is 2. The van der Waals surface area contributed by atoms with Crippen LogP contribution in [0, 0.1) is 0 Å². The zero-order valence-corrected chi connectivity index (χ0v) is 14.0. The van der Waals surface area contributed by atoms with Crippen LogP contribution in [0.2, 0.25) is 5.02 Å². The van der Waals surface area contributed by atoms with Crippen LogP contribution in [0.1, 0.15) is 25.0 Å². The Balaban J connectivity index is 2.33. The number of halogens is 1. The van der Waals surface area contributed by atoms with Gasteiger partial charge in [-0.3, -0.25) is 0 Å². The summed E-state index contributed by atoms with van der Waals surface area (Å²) >= 11 is 5.86. The van der Waals surface area contributed by atoms with E-state index in [-0.39, 0.29) is 5.57 Å². The van der Waals surface area contributed by atoms with Crippen LogP contribution in [-0.2, 0) is 4.79 Å². The van der Waals surface area contributed by atoms with Crippen LogP contribution in [-0.4, -0.2) is 24.2 Å². The molecule has 0 saturated heterocycles. The molecule has 0 aromatic heterocycles. The maximum Gasteiger partial charge on any atom is 0.336 e. The second kappa shape index (κ2) is 7.84. The molecule has 120 valence electrons. The second-order valence-electron chi connectivity index (χ2n) is 5.13. The molecule has 0 saturated carbocycles. The summed E-state index contributed by atoms with van der Waals surface area (Å²) in [6.07, 6.45) is 1.68. The van der Waals surface area contributed by atoms with Gasteiger partial charge in [0.15, 0.2) is 0 Å². The first-order valence-corrected chi connectivity index (χ1v) is 7.99. The van der Waals surface area contributed by atoms with E-state index >= 15 is 0 Å². The topological polar surface area (TPSA) is 40.5 Å². The number of aliphatic carboxylic acids is 1. The fourth-order valence-corrected chi connectivity index (χ4v) is 2.56. The highest BCUT2D eigenvalue weighted by Crippen LogP contribution is 2.22. The largest absolute Gasteiger partial charge is 0.478 e. The van der Waals surface area contributed by atoms with Gasteiger partial charge < -0.3 is 10.0 Å². The van der Waals surface area contributed by atoms with E-state index in [0.29, 0.717) is 10.6 Å². The number of rotatable bonds is 6. The Morgan fingerprint density at radius 2 is 1.61 bits per heavy atom. The molecular formula is C19H20ClNO2. The van der Waals surface area contributed by atoms with Gasteiger partial charge in [-0.1, -0.05) is 35.9 Å². The zero-order chi connectivity index (χ0) is 16.8. The van der Waals surface area contributed by atoms with Crippen molar-refractivity contribution in [2.45, 2.75) is 13.8 Å². The first kappa shape index (κ1) is 17.1. The number of benzene rings is 2. The number of carboxylic acids is 1. The monoisotopic (exact) mass is 329 g/mol. The summed E-state index contributed by atoms with van der Waals surface area (Å²) in [5.74, 6) is -0.958. The van der Waals surface area contributed by atoms with Gasteiger partial charge in [-0.05, 0) is 55.3 Å². The molecule has 2 rings (SSSR count). The third kappa shape index (κ3) is 4.36. The van der Waals surface area contributed by atoms with Crippen LogP contribution in [0.15, 0.2) is 48.5 Å². The molecule has 0 aliphatic rings. The molecule has 0 amide bonds. The fraction of sp³-hybridized carbons (Fsp3) is 0.211. The van der Waals surface area contributed by atoms with E-state index in [4.69, 9.17) is 11.6 Å². The Hall–Kier alpha value is -2.26. The van der Waals surface area contributed by atoms with Crippen molar-refractivity contribution < 1.29 is 9.90 Å². The van der Waals surface area contributed by atoms with E-state index in [9.17, 15) is 9.90 Å². The SMILES string of the molecule is CCN(CC)c1ccc(/C=C(\C(=O)O)c2ccc(Cl)cc2)cc1. The molecule has 1 N–H and O–H groups in total. The Morgan fingerprint density at radius 1 is 1.04 bits per heavy atom. The van der Waals surface area contributed by atoms with Crippen LogP contribution in [0.4, 0.5) is 5.69 Å². The minimum atomic E-state index is -0.958. The molecule has 0 unspecified atom stereocenters. The number of nitrogens with zero attached hydrogens (tertiary/aromatic N) is 1. The molecule has 0 atom stereocenters. The van der Waals surface area contributed by atoms with Gasteiger partial charge in [-0.15, -0.1) is 0 Å². The normalized spacial score (nSPS) is 11.3. The van der Waals surface area contributed by atoms with Crippen molar-refractivity contribution >= 4 is 34.9 Å². The Bertz CT molecular complexity index is 686. The second-order valence-corrected chi connectivity index (χ2v) is 5.57. The van der Waals surface area contributed by atoms with Crippen molar-refractivity contribution in [1.82, 2.24) is 0 Å². The maximum atomic E-state index is 11.5. The van der Waals surface area contributed by atoms with Crippen molar-refractivity contribution in [3.8, 4) is 0 Å². The van der Waals surface area contributed by atoms with Crippen molar-refractivity contribution in [3.63, 3.8) is 0 Å². The van der Waals surface area contributed by atoms with Crippen LogP contribution < -0.4 is 4.90 Å². The van der Waals surface area contributed by atoms with Gasteiger partial charge in [0, 0.05) is 23.8 Å². The molecule has 3 nitrogen and oxygen atoms in total. The molecule has 0 aliphatic carbocycles. The first-order valence-electron chi connectivity index (χ1n) is 7.61. The third-order valence-electron chi connectivity index (χ3n) is 3.72. The molecule has 4 heteroatoms. The Morgan fingerprint density at radius 3 is 2.09 bits per heavy atom. The highest BCUT2D eigenvalue weighted by atomic mass is 35.5. The van der Waals surface area contributed by atoms with Crippen molar-refractivity contribution in [2.24, 2.45) is 0 Å². The summed E-state index contributed by atoms with van der Waals surface area (Å²) in [7, 11) is 0. The molecule has 2 aromatic rings.